The van der Waals surface area contributed by atoms with Crippen LogP contribution in [0.5, 0.6) is 0 Å². The normalized spacial score (nSPS) is 26.5. The quantitative estimate of drug-likeness (QED) is 0.458. The Bertz CT molecular complexity index is 504. The topological polar surface area (TPSA) is 70.5 Å². The average molecular weight is 304 g/mol. The molecule has 4 atom stereocenters. The Morgan fingerprint density at radius 3 is 2.77 bits per heavy atom. The third-order valence-electron chi connectivity index (χ3n) is 4.29. The van der Waals surface area contributed by atoms with Crippen LogP contribution in [0.1, 0.15) is 31.4 Å². The molecule has 0 unspecified atom stereocenters. The number of likely N-dealkylation sites (N-methyl/N-ethyl adjacent to an activating group) is 1. The van der Waals surface area contributed by atoms with E-state index in [4.69, 9.17) is 15.0 Å². The molecule has 22 heavy (non-hydrogen) atoms. The summed E-state index contributed by atoms with van der Waals surface area (Å²) in [5.41, 5.74) is 9.87. The lowest BCUT2D eigenvalue weighted by molar-refractivity contribution is -0.192. The van der Waals surface area contributed by atoms with Gasteiger partial charge in [-0.15, -0.1) is 0 Å². The van der Waals surface area contributed by atoms with Gasteiger partial charge in [0.1, 0.15) is 0 Å². The highest BCUT2D eigenvalue weighted by Gasteiger charge is 2.31. The Morgan fingerprint density at radius 1 is 1.41 bits per heavy atom. The first kappa shape index (κ1) is 16.8. The second kappa shape index (κ2) is 8.15. The maximum atomic E-state index is 8.58. The van der Waals surface area contributed by atoms with E-state index >= 15 is 0 Å². The van der Waals surface area contributed by atoms with E-state index in [2.05, 4.69) is 53.2 Å². The fourth-order valence-corrected chi connectivity index (χ4v) is 2.83. The third-order valence-corrected chi connectivity index (χ3v) is 4.29. The maximum absolute atomic E-state index is 8.58. The standard InChI is InChI=1S/C16H24N4O2/c1-12(13-7-5-4-6-8-13)20(2)11-14-9-10-15(18-19-17)16(21-3)22-14/h4-8,12,14-16H,9-11H2,1-3H3/t12-,14+,15-,16+/m1/s1. The molecule has 0 N–H and O–H groups in total. The summed E-state index contributed by atoms with van der Waals surface area (Å²) in [6, 6.07) is 10.5. The average Bonchev–Trinajstić information content (AvgIpc) is 2.56. The van der Waals surface area contributed by atoms with Crippen molar-refractivity contribution < 1.29 is 9.47 Å². The first-order chi connectivity index (χ1) is 10.7. The molecule has 0 bridgehead atoms. The first-order valence-electron chi connectivity index (χ1n) is 7.63. The number of benzene rings is 1. The Kier molecular flexibility index (Phi) is 6.21. The van der Waals surface area contributed by atoms with Crippen LogP contribution >= 0.6 is 0 Å². The van der Waals surface area contributed by atoms with Gasteiger partial charge in [0.25, 0.3) is 0 Å². The zero-order chi connectivity index (χ0) is 15.9. The van der Waals surface area contributed by atoms with Crippen LogP contribution in [-0.2, 0) is 9.47 Å². The molecule has 0 aliphatic carbocycles. The van der Waals surface area contributed by atoms with Crippen LogP contribution in [0.2, 0.25) is 0 Å². The maximum Gasteiger partial charge on any atom is 0.166 e. The molecule has 1 saturated heterocycles. The van der Waals surface area contributed by atoms with Crippen LogP contribution in [-0.4, -0.2) is 44.0 Å². The summed E-state index contributed by atoms with van der Waals surface area (Å²) >= 11 is 0. The van der Waals surface area contributed by atoms with Gasteiger partial charge in [0.2, 0.25) is 0 Å². The summed E-state index contributed by atoms with van der Waals surface area (Å²) in [5.74, 6) is 0. The van der Waals surface area contributed by atoms with Crippen molar-refractivity contribution in [3.05, 3.63) is 46.3 Å². The molecule has 6 nitrogen and oxygen atoms in total. The fraction of sp³-hybridized carbons (Fsp3) is 0.625. The lowest BCUT2D eigenvalue weighted by atomic mass is 10.0. The van der Waals surface area contributed by atoms with E-state index in [1.54, 1.807) is 7.11 Å². The van der Waals surface area contributed by atoms with Crippen LogP contribution in [0, 0.1) is 0 Å². The molecule has 0 radical (unpaired) electrons. The predicted octanol–water partition coefficient (Wildman–Crippen LogP) is 3.51. The van der Waals surface area contributed by atoms with Gasteiger partial charge in [-0.2, -0.15) is 0 Å². The van der Waals surface area contributed by atoms with Gasteiger partial charge in [0.05, 0.1) is 12.1 Å². The van der Waals surface area contributed by atoms with E-state index in [0.29, 0.717) is 6.04 Å². The minimum absolute atomic E-state index is 0.0891. The molecule has 1 aromatic carbocycles. The number of hydrogen-bond donors (Lipinski definition) is 0. The van der Waals surface area contributed by atoms with Gasteiger partial charge in [0, 0.05) is 24.6 Å². The Morgan fingerprint density at radius 2 is 2.14 bits per heavy atom. The Labute approximate surface area is 131 Å². The molecular formula is C16H24N4O2. The molecule has 120 valence electrons. The molecule has 1 aliphatic rings. The number of azide groups is 1. The van der Waals surface area contributed by atoms with Crippen molar-refractivity contribution in [2.24, 2.45) is 5.11 Å². The Hall–Kier alpha value is -1.59. The molecule has 0 aromatic heterocycles. The second-order valence-corrected chi connectivity index (χ2v) is 5.74. The minimum Gasteiger partial charge on any atom is -0.355 e. The van der Waals surface area contributed by atoms with Crippen molar-refractivity contribution in [3.8, 4) is 0 Å². The number of nitrogens with zero attached hydrogens (tertiary/aromatic N) is 4. The highest BCUT2D eigenvalue weighted by molar-refractivity contribution is 5.18. The summed E-state index contributed by atoms with van der Waals surface area (Å²) < 4.78 is 11.2. The van der Waals surface area contributed by atoms with Gasteiger partial charge >= 0.3 is 0 Å². The summed E-state index contributed by atoms with van der Waals surface area (Å²) in [6.07, 6.45) is 1.30. The van der Waals surface area contributed by atoms with Crippen LogP contribution in [0.25, 0.3) is 10.4 Å². The number of ether oxygens (including phenoxy) is 2. The summed E-state index contributed by atoms with van der Waals surface area (Å²) in [4.78, 5) is 5.14. The van der Waals surface area contributed by atoms with Crippen molar-refractivity contribution in [2.45, 2.75) is 44.2 Å². The summed E-state index contributed by atoms with van der Waals surface area (Å²) in [6.45, 7) is 3.01. The molecule has 1 heterocycles. The zero-order valence-electron chi connectivity index (χ0n) is 13.4. The molecule has 1 aliphatic heterocycles. The predicted molar refractivity (Wildman–Crippen MR) is 85.3 cm³/mol. The lowest BCUT2D eigenvalue weighted by Gasteiger charge is -2.36. The van der Waals surface area contributed by atoms with E-state index < -0.39 is 6.29 Å². The zero-order valence-corrected chi connectivity index (χ0v) is 13.4. The molecule has 0 spiro atoms. The number of hydrogen-bond acceptors (Lipinski definition) is 4. The van der Waals surface area contributed by atoms with Crippen LogP contribution in [0.15, 0.2) is 35.4 Å². The van der Waals surface area contributed by atoms with Gasteiger partial charge in [-0.1, -0.05) is 35.4 Å². The SMILES string of the molecule is CO[C@H]1O[C@H](CN(C)[C@H](C)c2ccccc2)CC[C@H]1N=[N+]=[N-]. The van der Waals surface area contributed by atoms with Gasteiger partial charge < -0.3 is 9.47 Å². The van der Waals surface area contributed by atoms with E-state index in [-0.39, 0.29) is 12.1 Å². The largest absolute Gasteiger partial charge is 0.355 e. The van der Waals surface area contributed by atoms with Gasteiger partial charge in [-0.25, -0.2) is 0 Å². The summed E-state index contributed by atoms with van der Waals surface area (Å²) in [7, 11) is 3.69. The van der Waals surface area contributed by atoms with E-state index in [0.717, 1.165) is 19.4 Å². The molecule has 0 saturated carbocycles. The molecule has 1 fully saturated rings. The number of methoxy groups -OCH3 is 1. The van der Waals surface area contributed by atoms with Gasteiger partial charge in [-0.05, 0) is 37.9 Å². The van der Waals surface area contributed by atoms with Crippen molar-refractivity contribution in [2.75, 3.05) is 20.7 Å². The number of rotatable bonds is 6. The van der Waals surface area contributed by atoms with Crippen LogP contribution in [0.3, 0.4) is 0 Å². The molecule has 2 rings (SSSR count). The van der Waals surface area contributed by atoms with E-state index in [1.165, 1.54) is 5.56 Å². The molecular weight excluding hydrogens is 280 g/mol. The van der Waals surface area contributed by atoms with Crippen molar-refractivity contribution in [3.63, 3.8) is 0 Å². The van der Waals surface area contributed by atoms with E-state index in [1.807, 2.05) is 6.07 Å². The van der Waals surface area contributed by atoms with E-state index in [9.17, 15) is 0 Å². The minimum atomic E-state index is -0.449. The highest BCUT2D eigenvalue weighted by atomic mass is 16.7. The first-order valence-corrected chi connectivity index (χ1v) is 7.63. The van der Waals surface area contributed by atoms with Gasteiger partial charge in [0.15, 0.2) is 6.29 Å². The highest BCUT2D eigenvalue weighted by Crippen LogP contribution is 2.26. The lowest BCUT2D eigenvalue weighted by Crippen LogP contribution is -2.43. The fourth-order valence-electron chi connectivity index (χ4n) is 2.83. The monoisotopic (exact) mass is 304 g/mol. The second-order valence-electron chi connectivity index (χ2n) is 5.74. The Balaban J connectivity index is 1.92. The summed E-state index contributed by atoms with van der Waals surface area (Å²) in [5, 5.41) is 3.75. The third kappa shape index (κ3) is 4.21. The molecule has 0 amide bonds. The molecule has 1 aromatic rings. The van der Waals surface area contributed by atoms with Gasteiger partial charge in [-0.3, -0.25) is 4.90 Å². The van der Waals surface area contributed by atoms with Crippen molar-refractivity contribution in [1.82, 2.24) is 4.90 Å². The van der Waals surface area contributed by atoms with Crippen LogP contribution < -0.4 is 0 Å². The van der Waals surface area contributed by atoms with Crippen LogP contribution in [0.4, 0.5) is 0 Å². The smallest absolute Gasteiger partial charge is 0.166 e. The molecule has 6 heteroatoms. The van der Waals surface area contributed by atoms with Crippen molar-refractivity contribution in [1.29, 1.82) is 0 Å². The van der Waals surface area contributed by atoms with Crippen molar-refractivity contribution >= 4 is 0 Å².